The summed E-state index contributed by atoms with van der Waals surface area (Å²) in [5, 5.41) is 20.9. The molecule has 2 bridgehead atoms. The van der Waals surface area contributed by atoms with Gasteiger partial charge in [-0.2, -0.15) is 5.26 Å². The van der Waals surface area contributed by atoms with Gasteiger partial charge in [0, 0.05) is 12.8 Å². The second-order valence-electron chi connectivity index (χ2n) is 9.00. The van der Waals surface area contributed by atoms with Gasteiger partial charge in [0.2, 0.25) is 0 Å². The average molecular weight is 418 g/mol. The van der Waals surface area contributed by atoms with Crippen molar-refractivity contribution in [3.8, 4) is 6.07 Å². The Morgan fingerprint density at radius 3 is 2.26 bits per heavy atom. The van der Waals surface area contributed by atoms with E-state index in [0.29, 0.717) is 26.1 Å². The number of hydrogen-bond acceptors (Lipinski definition) is 5. The molecule has 0 radical (unpaired) electrons. The highest BCUT2D eigenvalue weighted by Crippen LogP contribution is 2.48. The Labute approximate surface area is 182 Å². The second kappa shape index (κ2) is 7.67. The van der Waals surface area contributed by atoms with E-state index in [1.54, 1.807) is 4.90 Å². The molecule has 1 N–H and O–H groups in total. The van der Waals surface area contributed by atoms with Gasteiger partial charge in [0.1, 0.15) is 6.61 Å². The number of nitriles is 1. The van der Waals surface area contributed by atoms with Crippen LogP contribution < -0.4 is 0 Å². The van der Waals surface area contributed by atoms with Crippen LogP contribution in [0.5, 0.6) is 0 Å². The second-order valence-corrected chi connectivity index (χ2v) is 9.00. The maximum absolute atomic E-state index is 12.9. The van der Waals surface area contributed by atoms with Crippen molar-refractivity contribution in [3.63, 3.8) is 0 Å². The summed E-state index contributed by atoms with van der Waals surface area (Å²) in [5.74, 6) is 0. The molecule has 2 aromatic carbocycles. The van der Waals surface area contributed by atoms with Crippen molar-refractivity contribution in [3.05, 3.63) is 71.3 Å². The lowest BCUT2D eigenvalue weighted by molar-refractivity contribution is -0.136. The minimum atomic E-state index is -1.03. The van der Waals surface area contributed by atoms with Crippen LogP contribution in [0, 0.1) is 11.3 Å². The largest absolute Gasteiger partial charge is 0.445 e. The van der Waals surface area contributed by atoms with Gasteiger partial charge >= 0.3 is 6.09 Å². The molecule has 31 heavy (non-hydrogen) atoms. The fraction of sp³-hybridized carbons (Fsp3) is 0.440. The zero-order chi connectivity index (χ0) is 21.5. The van der Waals surface area contributed by atoms with Crippen LogP contribution in [0.1, 0.15) is 42.4 Å². The SMILES string of the molecule is N#CC1(c2ccc(C3(O)CC4COCC(C3)N4C(=O)OCc3ccccc3)cc2)CC1. The Kier molecular flexibility index (Phi) is 4.96. The first-order valence-electron chi connectivity index (χ1n) is 10.8. The topological polar surface area (TPSA) is 82.8 Å². The van der Waals surface area contributed by atoms with Gasteiger partial charge in [-0.25, -0.2) is 4.79 Å². The maximum atomic E-state index is 12.9. The fourth-order valence-corrected chi connectivity index (χ4v) is 4.99. The van der Waals surface area contributed by atoms with Crippen LogP contribution in [0.25, 0.3) is 0 Å². The number of fused-ring (bicyclic) bond motifs is 2. The number of carbonyl (C=O) groups excluding carboxylic acids is 1. The van der Waals surface area contributed by atoms with Gasteiger partial charge < -0.3 is 14.6 Å². The van der Waals surface area contributed by atoms with Crippen LogP contribution in [0.15, 0.2) is 54.6 Å². The van der Waals surface area contributed by atoms with E-state index in [4.69, 9.17) is 9.47 Å². The highest BCUT2D eigenvalue weighted by atomic mass is 16.6. The van der Waals surface area contributed by atoms with Gasteiger partial charge in [0.25, 0.3) is 0 Å². The zero-order valence-electron chi connectivity index (χ0n) is 17.4. The minimum absolute atomic E-state index is 0.225. The lowest BCUT2D eigenvalue weighted by Crippen LogP contribution is -2.62. The molecule has 2 unspecified atom stereocenters. The van der Waals surface area contributed by atoms with E-state index in [2.05, 4.69) is 6.07 Å². The van der Waals surface area contributed by atoms with E-state index in [1.165, 1.54) is 0 Å². The molecule has 2 aromatic rings. The number of benzene rings is 2. The first-order valence-corrected chi connectivity index (χ1v) is 10.8. The number of carbonyl (C=O) groups is 1. The molecule has 2 saturated heterocycles. The summed E-state index contributed by atoms with van der Waals surface area (Å²) in [6.45, 7) is 0.993. The van der Waals surface area contributed by atoms with Crippen molar-refractivity contribution in [2.24, 2.45) is 0 Å². The third-order valence-corrected chi connectivity index (χ3v) is 6.91. The van der Waals surface area contributed by atoms with Crippen LogP contribution in [-0.4, -0.2) is 41.4 Å². The Morgan fingerprint density at radius 1 is 1.06 bits per heavy atom. The van der Waals surface area contributed by atoms with E-state index in [0.717, 1.165) is 29.5 Å². The summed E-state index contributed by atoms with van der Waals surface area (Å²) in [6, 6.07) is 19.4. The molecule has 2 aliphatic heterocycles. The highest BCUT2D eigenvalue weighted by Gasteiger charge is 2.50. The lowest BCUT2D eigenvalue weighted by Gasteiger charge is -2.51. The predicted molar refractivity (Wildman–Crippen MR) is 113 cm³/mol. The number of morpholine rings is 1. The highest BCUT2D eigenvalue weighted by molar-refractivity contribution is 5.69. The Morgan fingerprint density at radius 2 is 1.68 bits per heavy atom. The normalized spacial score (nSPS) is 28.5. The number of piperidine rings is 1. The molecule has 2 atom stereocenters. The molecular formula is C25H26N2O4. The molecule has 0 aromatic heterocycles. The number of amides is 1. The smallest absolute Gasteiger partial charge is 0.410 e. The van der Waals surface area contributed by atoms with Crippen molar-refractivity contribution in [2.75, 3.05) is 13.2 Å². The average Bonchev–Trinajstić information content (AvgIpc) is 3.59. The van der Waals surface area contributed by atoms with Gasteiger partial charge in [-0.1, -0.05) is 54.6 Å². The molecule has 1 saturated carbocycles. The standard InChI is InChI=1S/C25H26N2O4/c26-17-24(10-11-24)19-6-8-20(9-7-19)25(29)12-21-15-30-16-22(13-25)27(21)23(28)31-14-18-4-2-1-3-5-18/h1-9,21-22,29H,10-16H2. The van der Waals surface area contributed by atoms with Gasteiger partial charge in [0.05, 0.1) is 42.4 Å². The molecule has 1 aliphatic carbocycles. The lowest BCUT2D eigenvalue weighted by atomic mass is 9.76. The Bertz CT molecular complexity index is 980. The van der Waals surface area contributed by atoms with Crippen LogP contribution in [0.3, 0.4) is 0 Å². The van der Waals surface area contributed by atoms with E-state index in [-0.39, 0.29) is 30.2 Å². The summed E-state index contributed by atoms with van der Waals surface area (Å²) >= 11 is 0. The molecule has 3 fully saturated rings. The minimum Gasteiger partial charge on any atom is -0.445 e. The quantitative estimate of drug-likeness (QED) is 0.820. The van der Waals surface area contributed by atoms with Crippen LogP contribution in [-0.2, 0) is 27.1 Å². The molecule has 3 aliphatic rings. The molecule has 0 spiro atoms. The van der Waals surface area contributed by atoms with Gasteiger partial charge in [-0.05, 0) is 29.5 Å². The third-order valence-electron chi connectivity index (χ3n) is 6.91. The molecule has 160 valence electrons. The van der Waals surface area contributed by atoms with Crippen LogP contribution >= 0.6 is 0 Å². The molecule has 2 heterocycles. The van der Waals surface area contributed by atoms with E-state index >= 15 is 0 Å². The molecule has 6 heteroatoms. The summed E-state index contributed by atoms with van der Waals surface area (Å²) in [6.07, 6.45) is 2.23. The zero-order valence-corrected chi connectivity index (χ0v) is 17.4. The number of aliphatic hydroxyl groups is 1. The maximum Gasteiger partial charge on any atom is 0.410 e. The van der Waals surface area contributed by atoms with Gasteiger partial charge in [0.15, 0.2) is 0 Å². The number of rotatable bonds is 4. The van der Waals surface area contributed by atoms with Gasteiger partial charge in [-0.3, -0.25) is 4.90 Å². The first kappa shape index (κ1) is 20.0. The molecule has 6 nitrogen and oxygen atoms in total. The summed E-state index contributed by atoms with van der Waals surface area (Å²) in [7, 11) is 0. The van der Waals surface area contributed by atoms with Gasteiger partial charge in [-0.15, -0.1) is 0 Å². The molecular weight excluding hydrogens is 392 g/mol. The molecule has 5 rings (SSSR count). The Hall–Kier alpha value is -2.88. The third kappa shape index (κ3) is 3.69. The van der Waals surface area contributed by atoms with E-state index in [1.807, 2.05) is 54.6 Å². The number of nitrogens with zero attached hydrogens (tertiary/aromatic N) is 2. The van der Waals surface area contributed by atoms with E-state index < -0.39 is 5.60 Å². The fourth-order valence-electron chi connectivity index (χ4n) is 4.99. The van der Waals surface area contributed by atoms with E-state index in [9.17, 15) is 15.2 Å². The number of ether oxygens (including phenoxy) is 2. The number of hydrogen-bond donors (Lipinski definition) is 1. The Balaban J connectivity index is 1.30. The summed E-state index contributed by atoms with van der Waals surface area (Å²) < 4.78 is 11.3. The van der Waals surface area contributed by atoms with Crippen molar-refractivity contribution in [1.29, 1.82) is 5.26 Å². The van der Waals surface area contributed by atoms with Crippen molar-refractivity contribution in [2.45, 2.75) is 55.4 Å². The molecule has 1 amide bonds. The predicted octanol–water partition coefficient (Wildman–Crippen LogP) is 3.63. The van der Waals surface area contributed by atoms with Crippen LogP contribution in [0.4, 0.5) is 4.79 Å². The summed E-state index contributed by atoms with van der Waals surface area (Å²) in [5.41, 5.74) is 1.43. The monoisotopic (exact) mass is 418 g/mol. The van der Waals surface area contributed by atoms with Crippen molar-refractivity contribution < 1.29 is 19.4 Å². The summed E-state index contributed by atoms with van der Waals surface area (Å²) in [4.78, 5) is 14.6. The van der Waals surface area contributed by atoms with Crippen LogP contribution in [0.2, 0.25) is 0 Å². The van der Waals surface area contributed by atoms with Crippen molar-refractivity contribution >= 4 is 6.09 Å². The first-order chi connectivity index (χ1) is 15.0. The van der Waals surface area contributed by atoms with Crippen molar-refractivity contribution in [1.82, 2.24) is 4.90 Å².